The van der Waals surface area contributed by atoms with Gasteiger partial charge in [0.05, 0.1) is 18.2 Å². The fraction of sp³-hybridized carbons (Fsp3) is 0.467. The topological polar surface area (TPSA) is 81.4 Å². The quantitative estimate of drug-likeness (QED) is 0.828. The molecule has 5 heteroatoms. The summed E-state index contributed by atoms with van der Waals surface area (Å²) < 4.78 is 4.62. The molecule has 0 aromatic heterocycles. The van der Waals surface area contributed by atoms with Crippen LogP contribution in [0.1, 0.15) is 42.5 Å². The Hall–Kier alpha value is -1.88. The number of carbonyl (C=O) groups is 2. The van der Waals surface area contributed by atoms with Crippen LogP contribution in [-0.2, 0) is 9.53 Å². The summed E-state index contributed by atoms with van der Waals surface area (Å²) in [7, 11) is 1.33. The van der Waals surface area contributed by atoms with Crippen LogP contribution < -0.4 is 11.1 Å². The Morgan fingerprint density at radius 3 is 2.30 bits per heavy atom. The smallest absolute Gasteiger partial charge is 0.337 e. The van der Waals surface area contributed by atoms with E-state index < -0.39 is 11.5 Å². The van der Waals surface area contributed by atoms with Gasteiger partial charge in [-0.1, -0.05) is 19.3 Å². The van der Waals surface area contributed by atoms with Crippen LogP contribution in [0.3, 0.4) is 0 Å². The summed E-state index contributed by atoms with van der Waals surface area (Å²) in [6.07, 6.45) is 4.56. The molecular weight excluding hydrogens is 256 g/mol. The lowest BCUT2D eigenvalue weighted by molar-refractivity contribution is -0.122. The van der Waals surface area contributed by atoms with E-state index >= 15 is 0 Å². The van der Waals surface area contributed by atoms with Gasteiger partial charge in [-0.05, 0) is 37.1 Å². The highest BCUT2D eigenvalue weighted by Crippen LogP contribution is 2.27. The first-order valence-electron chi connectivity index (χ1n) is 6.84. The number of ether oxygens (including phenoxy) is 1. The van der Waals surface area contributed by atoms with E-state index in [4.69, 9.17) is 5.73 Å². The number of esters is 1. The lowest BCUT2D eigenvalue weighted by atomic mass is 9.82. The van der Waals surface area contributed by atoms with Gasteiger partial charge in [-0.25, -0.2) is 4.79 Å². The molecule has 1 aromatic carbocycles. The summed E-state index contributed by atoms with van der Waals surface area (Å²) in [5.74, 6) is -0.548. The molecule has 0 heterocycles. The predicted molar refractivity (Wildman–Crippen MR) is 76.4 cm³/mol. The Morgan fingerprint density at radius 1 is 1.15 bits per heavy atom. The number of benzene rings is 1. The standard InChI is InChI=1S/C15H20N2O3/c1-20-13(18)11-5-7-12(8-6-11)17-14(19)15(16)9-3-2-4-10-15/h5-8H,2-4,9-10,16H2,1H3,(H,17,19). The van der Waals surface area contributed by atoms with Gasteiger partial charge in [0.25, 0.3) is 0 Å². The van der Waals surface area contributed by atoms with Gasteiger partial charge in [-0.3, -0.25) is 4.79 Å². The van der Waals surface area contributed by atoms with Crippen molar-refractivity contribution in [3.8, 4) is 0 Å². The molecule has 0 radical (unpaired) electrons. The predicted octanol–water partition coefficient (Wildman–Crippen LogP) is 2.07. The van der Waals surface area contributed by atoms with Gasteiger partial charge in [-0.2, -0.15) is 0 Å². The molecule has 0 aliphatic heterocycles. The zero-order valence-corrected chi connectivity index (χ0v) is 11.6. The van der Waals surface area contributed by atoms with E-state index in [1.807, 2.05) is 0 Å². The molecule has 1 aromatic rings. The Labute approximate surface area is 118 Å². The highest BCUT2D eigenvalue weighted by Gasteiger charge is 2.35. The second kappa shape index (κ2) is 6.05. The first-order chi connectivity index (χ1) is 9.55. The molecule has 5 nitrogen and oxygen atoms in total. The van der Waals surface area contributed by atoms with Crippen LogP contribution in [0.15, 0.2) is 24.3 Å². The van der Waals surface area contributed by atoms with Crippen molar-refractivity contribution in [1.82, 2.24) is 0 Å². The van der Waals surface area contributed by atoms with Gasteiger partial charge in [0, 0.05) is 5.69 Å². The monoisotopic (exact) mass is 276 g/mol. The summed E-state index contributed by atoms with van der Waals surface area (Å²) in [6, 6.07) is 6.59. The lowest BCUT2D eigenvalue weighted by Gasteiger charge is -2.31. The van der Waals surface area contributed by atoms with Crippen molar-refractivity contribution < 1.29 is 14.3 Å². The normalized spacial score (nSPS) is 17.3. The molecule has 1 fully saturated rings. The van der Waals surface area contributed by atoms with Gasteiger partial charge in [0.1, 0.15) is 0 Å². The van der Waals surface area contributed by atoms with E-state index in [0.717, 1.165) is 32.1 Å². The van der Waals surface area contributed by atoms with Gasteiger partial charge in [-0.15, -0.1) is 0 Å². The molecule has 0 unspecified atom stereocenters. The molecule has 1 aliphatic rings. The maximum absolute atomic E-state index is 12.2. The van der Waals surface area contributed by atoms with Crippen molar-refractivity contribution in [1.29, 1.82) is 0 Å². The molecule has 1 saturated carbocycles. The third-order valence-corrected chi connectivity index (χ3v) is 3.76. The van der Waals surface area contributed by atoms with E-state index in [-0.39, 0.29) is 5.91 Å². The SMILES string of the molecule is COC(=O)c1ccc(NC(=O)C2(N)CCCCC2)cc1. The number of amides is 1. The average Bonchev–Trinajstić information content (AvgIpc) is 2.48. The number of anilines is 1. The fourth-order valence-electron chi connectivity index (χ4n) is 2.47. The minimum absolute atomic E-state index is 0.150. The van der Waals surface area contributed by atoms with E-state index in [0.29, 0.717) is 11.3 Å². The third kappa shape index (κ3) is 3.17. The van der Waals surface area contributed by atoms with Gasteiger partial charge in [0.15, 0.2) is 0 Å². The van der Waals surface area contributed by atoms with E-state index in [1.54, 1.807) is 24.3 Å². The van der Waals surface area contributed by atoms with Crippen molar-refractivity contribution in [3.05, 3.63) is 29.8 Å². The summed E-state index contributed by atoms with van der Waals surface area (Å²) >= 11 is 0. The molecule has 1 amide bonds. The molecule has 0 bridgehead atoms. The van der Waals surface area contributed by atoms with Crippen molar-refractivity contribution in [2.24, 2.45) is 5.73 Å². The minimum atomic E-state index is -0.765. The molecule has 0 atom stereocenters. The molecular formula is C15H20N2O3. The summed E-state index contributed by atoms with van der Waals surface area (Å²) in [5, 5.41) is 2.82. The summed E-state index contributed by atoms with van der Waals surface area (Å²) in [5.41, 5.74) is 6.49. The van der Waals surface area contributed by atoms with Gasteiger partial charge >= 0.3 is 5.97 Å². The van der Waals surface area contributed by atoms with Crippen LogP contribution in [0.4, 0.5) is 5.69 Å². The maximum atomic E-state index is 12.2. The third-order valence-electron chi connectivity index (χ3n) is 3.76. The molecule has 0 spiro atoms. The van der Waals surface area contributed by atoms with Crippen molar-refractivity contribution in [3.63, 3.8) is 0 Å². The van der Waals surface area contributed by atoms with Crippen LogP contribution in [-0.4, -0.2) is 24.5 Å². The molecule has 3 N–H and O–H groups in total. The zero-order valence-electron chi connectivity index (χ0n) is 11.6. The molecule has 20 heavy (non-hydrogen) atoms. The zero-order chi connectivity index (χ0) is 14.6. The largest absolute Gasteiger partial charge is 0.465 e. The number of nitrogens with two attached hydrogens (primary N) is 1. The summed E-state index contributed by atoms with van der Waals surface area (Å²) in [6.45, 7) is 0. The Balaban J connectivity index is 2.02. The van der Waals surface area contributed by atoms with Crippen molar-refractivity contribution >= 4 is 17.6 Å². The first kappa shape index (κ1) is 14.5. The van der Waals surface area contributed by atoms with Crippen LogP contribution in [0.25, 0.3) is 0 Å². The fourth-order valence-corrected chi connectivity index (χ4v) is 2.47. The van der Waals surface area contributed by atoms with Crippen LogP contribution in [0.5, 0.6) is 0 Å². The Bertz CT molecular complexity index is 490. The first-order valence-corrected chi connectivity index (χ1v) is 6.84. The number of methoxy groups -OCH3 is 1. The van der Waals surface area contributed by atoms with Crippen molar-refractivity contribution in [2.75, 3.05) is 12.4 Å². The van der Waals surface area contributed by atoms with Crippen LogP contribution in [0, 0.1) is 0 Å². The van der Waals surface area contributed by atoms with Crippen LogP contribution >= 0.6 is 0 Å². The lowest BCUT2D eigenvalue weighted by Crippen LogP contribution is -2.52. The number of hydrogen-bond acceptors (Lipinski definition) is 4. The van der Waals surface area contributed by atoms with Gasteiger partial charge in [0.2, 0.25) is 5.91 Å². The van der Waals surface area contributed by atoms with Crippen molar-refractivity contribution in [2.45, 2.75) is 37.6 Å². The van der Waals surface area contributed by atoms with Gasteiger partial charge < -0.3 is 15.8 Å². The Morgan fingerprint density at radius 2 is 1.75 bits per heavy atom. The second-order valence-electron chi connectivity index (χ2n) is 5.24. The maximum Gasteiger partial charge on any atom is 0.337 e. The molecule has 108 valence electrons. The molecule has 1 aliphatic carbocycles. The number of rotatable bonds is 3. The van der Waals surface area contributed by atoms with E-state index in [9.17, 15) is 9.59 Å². The second-order valence-corrected chi connectivity index (χ2v) is 5.24. The Kier molecular flexibility index (Phi) is 4.39. The summed E-state index contributed by atoms with van der Waals surface area (Å²) in [4.78, 5) is 23.6. The average molecular weight is 276 g/mol. The van der Waals surface area contributed by atoms with Crippen LogP contribution in [0.2, 0.25) is 0 Å². The highest BCUT2D eigenvalue weighted by molar-refractivity contribution is 5.98. The number of carbonyl (C=O) groups excluding carboxylic acids is 2. The number of hydrogen-bond donors (Lipinski definition) is 2. The highest BCUT2D eigenvalue weighted by atomic mass is 16.5. The minimum Gasteiger partial charge on any atom is -0.465 e. The van der Waals surface area contributed by atoms with E-state index in [2.05, 4.69) is 10.1 Å². The molecule has 0 saturated heterocycles. The van der Waals surface area contributed by atoms with E-state index in [1.165, 1.54) is 7.11 Å². The molecule has 2 rings (SSSR count). The number of nitrogens with one attached hydrogen (secondary N) is 1.